The SMILES string of the molecule is C/C=C\C(CC)NC(=O)COc1ccc2ccc(C(CC(=O)O)c3cc4c(cc3C)OC(F)(F)O4)cc2c1. The van der Waals surface area contributed by atoms with E-state index in [2.05, 4.69) is 14.8 Å². The van der Waals surface area contributed by atoms with Crippen molar-refractivity contribution in [3.8, 4) is 17.2 Å². The van der Waals surface area contributed by atoms with E-state index in [0.717, 1.165) is 17.2 Å². The number of carbonyl (C=O) groups is 2. The van der Waals surface area contributed by atoms with E-state index in [9.17, 15) is 23.5 Å². The number of carboxylic acids is 1. The number of carboxylic acid groups (broad SMARTS) is 1. The van der Waals surface area contributed by atoms with Crippen molar-refractivity contribution in [2.45, 2.75) is 51.9 Å². The molecule has 3 aromatic carbocycles. The Kier molecular flexibility index (Phi) is 7.85. The predicted molar refractivity (Wildman–Crippen MR) is 138 cm³/mol. The number of halogens is 2. The number of aryl methyl sites for hydroxylation is 1. The number of rotatable bonds is 10. The monoisotopic (exact) mass is 525 g/mol. The number of fused-ring (bicyclic) bond motifs is 2. The first-order valence-electron chi connectivity index (χ1n) is 12.3. The van der Waals surface area contributed by atoms with E-state index < -0.39 is 18.2 Å². The molecular formula is C29H29F2NO6. The van der Waals surface area contributed by atoms with E-state index >= 15 is 0 Å². The lowest BCUT2D eigenvalue weighted by Gasteiger charge is -2.20. The third-order valence-corrected chi connectivity index (χ3v) is 6.36. The lowest BCUT2D eigenvalue weighted by Crippen LogP contribution is -2.36. The smallest absolute Gasteiger partial charge is 0.484 e. The molecular weight excluding hydrogens is 496 g/mol. The summed E-state index contributed by atoms with van der Waals surface area (Å²) in [5, 5.41) is 14.2. The van der Waals surface area contributed by atoms with Crippen LogP contribution in [0, 0.1) is 6.92 Å². The first-order chi connectivity index (χ1) is 18.1. The number of amides is 1. The highest BCUT2D eigenvalue weighted by molar-refractivity contribution is 5.85. The Labute approximate surface area is 219 Å². The minimum atomic E-state index is -3.77. The maximum absolute atomic E-state index is 13.6. The van der Waals surface area contributed by atoms with E-state index in [1.165, 1.54) is 12.1 Å². The van der Waals surface area contributed by atoms with Gasteiger partial charge in [0, 0.05) is 12.0 Å². The van der Waals surface area contributed by atoms with Gasteiger partial charge in [-0.05, 0) is 72.0 Å². The molecule has 1 aliphatic heterocycles. The van der Waals surface area contributed by atoms with Gasteiger partial charge in [0.2, 0.25) is 0 Å². The zero-order chi connectivity index (χ0) is 27.4. The molecule has 0 spiro atoms. The number of aliphatic carboxylic acids is 1. The number of carbonyl (C=O) groups excluding carboxylic acids is 1. The second kappa shape index (κ2) is 11.1. The molecule has 1 aliphatic rings. The van der Waals surface area contributed by atoms with Gasteiger partial charge in [0.25, 0.3) is 5.91 Å². The Morgan fingerprint density at radius 2 is 1.79 bits per heavy atom. The molecule has 38 heavy (non-hydrogen) atoms. The van der Waals surface area contributed by atoms with Crippen LogP contribution in [0.1, 0.15) is 49.3 Å². The van der Waals surface area contributed by atoms with Crippen molar-refractivity contribution >= 4 is 22.6 Å². The van der Waals surface area contributed by atoms with Crippen molar-refractivity contribution in [1.82, 2.24) is 5.32 Å². The normalized spacial score (nSPS) is 15.4. The van der Waals surface area contributed by atoms with Crippen molar-refractivity contribution in [2.75, 3.05) is 6.61 Å². The van der Waals surface area contributed by atoms with Gasteiger partial charge in [-0.3, -0.25) is 9.59 Å². The van der Waals surface area contributed by atoms with Crippen LogP contribution < -0.4 is 19.5 Å². The first-order valence-corrected chi connectivity index (χ1v) is 12.3. The van der Waals surface area contributed by atoms with Crippen LogP contribution in [0.4, 0.5) is 8.78 Å². The standard InChI is InChI=1S/C29H29F2NO6/c1-4-6-21(5-2)32-27(33)16-36-22-10-9-18-7-8-19(12-20(18)13-22)24(15-28(34)35)23-14-26-25(11-17(23)3)37-29(30,31)38-26/h4,6-14,21,24H,5,15-16H2,1-3H3,(H,32,33)(H,34,35)/b6-4-. The van der Waals surface area contributed by atoms with Gasteiger partial charge in [0.15, 0.2) is 18.1 Å². The van der Waals surface area contributed by atoms with E-state index in [1.54, 1.807) is 19.1 Å². The number of benzene rings is 3. The highest BCUT2D eigenvalue weighted by atomic mass is 19.3. The second-order valence-corrected chi connectivity index (χ2v) is 9.14. The van der Waals surface area contributed by atoms with Gasteiger partial charge < -0.3 is 24.6 Å². The van der Waals surface area contributed by atoms with Crippen LogP contribution in [0.5, 0.6) is 17.2 Å². The van der Waals surface area contributed by atoms with Gasteiger partial charge in [-0.15, -0.1) is 8.78 Å². The van der Waals surface area contributed by atoms with Crippen LogP contribution in [0.3, 0.4) is 0 Å². The molecule has 1 heterocycles. The predicted octanol–water partition coefficient (Wildman–Crippen LogP) is 5.93. The van der Waals surface area contributed by atoms with Crippen molar-refractivity contribution in [2.24, 2.45) is 0 Å². The van der Waals surface area contributed by atoms with Gasteiger partial charge in [-0.25, -0.2) is 0 Å². The van der Waals surface area contributed by atoms with Crippen LogP contribution in [0.15, 0.2) is 60.7 Å². The lowest BCUT2D eigenvalue weighted by atomic mass is 9.85. The van der Waals surface area contributed by atoms with Gasteiger partial charge in [0.1, 0.15) is 5.75 Å². The fraction of sp³-hybridized carbons (Fsp3) is 0.310. The quantitative estimate of drug-likeness (QED) is 0.319. The molecule has 1 amide bonds. The van der Waals surface area contributed by atoms with Crippen LogP contribution in [-0.4, -0.2) is 35.9 Å². The van der Waals surface area contributed by atoms with Gasteiger partial charge in [-0.1, -0.05) is 43.3 Å². The molecule has 2 N–H and O–H groups in total. The summed E-state index contributed by atoms with van der Waals surface area (Å²) in [4.78, 5) is 24.1. The Bertz CT molecular complexity index is 1390. The summed E-state index contributed by atoms with van der Waals surface area (Å²) in [6, 6.07) is 13.7. The van der Waals surface area contributed by atoms with Crippen LogP contribution in [0.2, 0.25) is 0 Å². The van der Waals surface area contributed by atoms with Gasteiger partial charge >= 0.3 is 12.3 Å². The molecule has 2 atom stereocenters. The van der Waals surface area contributed by atoms with E-state index in [-0.39, 0.29) is 36.5 Å². The van der Waals surface area contributed by atoms with E-state index in [4.69, 9.17) is 4.74 Å². The third kappa shape index (κ3) is 6.22. The number of nitrogens with one attached hydrogen (secondary N) is 1. The zero-order valence-corrected chi connectivity index (χ0v) is 21.3. The van der Waals surface area contributed by atoms with Crippen molar-refractivity contribution in [3.05, 3.63) is 77.4 Å². The summed E-state index contributed by atoms with van der Waals surface area (Å²) in [7, 11) is 0. The molecule has 7 nitrogen and oxygen atoms in total. The summed E-state index contributed by atoms with van der Waals surface area (Å²) in [5.41, 5.74) is 1.82. The molecule has 2 unspecified atom stereocenters. The van der Waals surface area contributed by atoms with Gasteiger partial charge in [0.05, 0.1) is 6.42 Å². The Balaban J connectivity index is 1.60. The second-order valence-electron chi connectivity index (χ2n) is 9.14. The summed E-state index contributed by atoms with van der Waals surface area (Å²) >= 11 is 0. The number of hydrogen-bond donors (Lipinski definition) is 2. The number of hydrogen-bond acceptors (Lipinski definition) is 5. The Hall–Kier alpha value is -4.14. The topological polar surface area (TPSA) is 94.1 Å². The summed E-state index contributed by atoms with van der Waals surface area (Å²) in [5.74, 6) is -1.66. The molecule has 9 heteroatoms. The minimum absolute atomic E-state index is 0.0627. The molecule has 0 bridgehead atoms. The number of allylic oxidation sites excluding steroid dienone is 1. The van der Waals surface area contributed by atoms with Crippen molar-refractivity contribution < 1.29 is 37.7 Å². The molecule has 0 saturated carbocycles. The van der Waals surface area contributed by atoms with Crippen molar-refractivity contribution in [1.29, 1.82) is 0 Å². The van der Waals surface area contributed by atoms with Crippen LogP contribution in [0.25, 0.3) is 10.8 Å². The zero-order valence-electron chi connectivity index (χ0n) is 21.3. The molecule has 200 valence electrons. The van der Waals surface area contributed by atoms with Crippen molar-refractivity contribution in [3.63, 3.8) is 0 Å². The average molecular weight is 526 g/mol. The van der Waals surface area contributed by atoms with Crippen LogP contribution in [-0.2, 0) is 9.59 Å². The maximum Gasteiger partial charge on any atom is 0.586 e. The Morgan fingerprint density at radius 1 is 1.08 bits per heavy atom. The fourth-order valence-corrected chi connectivity index (χ4v) is 4.54. The number of alkyl halides is 2. The summed E-state index contributed by atoms with van der Waals surface area (Å²) < 4.78 is 42.0. The Morgan fingerprint density at radius 3 is 2.47 bits per heavy atom. The third-order valence-electron chi connectivity index (χ3n) is 6.36. The lowest BCUT2D eigenvalue weighted by molar-refractivity contribution is -0.286. The molecule has 0 fully saturated rings. The molecule has 0 aromatic heterocycles. The molecule has 0 saturated heterocycles. The molecule has 4 rings (SSSR count). The van der Waals surface area contributed by atoms with E-state index in [1.807, 2.05) is 50.3 Å². The highest BCUT2D eigenvalue weighted by Crippen LogP contribution is 2.45. The largest absolute Gasteiger partial charge is 0.586 e. The minimum Gasteiger partial charge on any atom is -0.484 e. The fourth-order valence-electron chi connectivity index (χ4n) is 4.54. The summed E-state index contributed by atoms with van der Waals surface area (Å²) in [6.07, 6.45) is 0.530. The summed E-state index contributed by atoms with van der Waals surface area (Å²) in [6.45, 7) is 5.43. The first kappa shape index (κ1) is 26.9. The molecule has 3 aromatic rings. The number of ether oxygens (including phenoxy) is 3. The highest BCUT2D eigenvalue weighted by Gasteiger charge is 2.44. The molecule has 0 radical (unpaired) electrons. The van der Waals surface area contributed by atoms with E-state index in [0.29, 0.717) is 22.4 Å². The molecule has 0 aliphatic carbocycles. The van der Waals surface area contributed by atoms with Gasteiger partial charge in [-0.2, -0.15) is 0 Å². The maximum atomic E-state index is 13.6. The average Bonchev–Trinajstić information content (AvgIpc) is 3.17. The van der Waals surface area contributed by atoms with Crippen LogP contribution >= 0.6 is 0 Å².